The summed E-state index contributed by atoms with van der Waals surface area (Å²) in [5.74, 6) is -0.107. The largest absolute Gasteiger partial charge is 0.435 e. The van der Waals surface area contributed by atoms with Crippen LogP contribution in [0.4, 0.5) is 13.2 Å². The van der Waals surface area contributed by atoms with E-state index in [-0.39, 0.29) is 11.5 Å². The fourth-order valence-corrected chi connectivity index (χ4v) is 6.33. The van der Waals surface area contributed by atoms with Crippen molar-refractivity contribution in [2.45, 2.75) is 32.1 Å². The Kier molecular flexibility index (Phi) is 10.1. The summed E-state index contributed by atoms with van der Waals surface area (Å²) < 4.78 is 42.4. The molecular weight excluding hydrogens is 549 g/mol. The minimum atomic E-state index is -4.53. The molecule has 0 spiro atoms. The predicted molar refractivity (Wildman–Crippen MR) is 155 cm³/mol. The Labute approximate surface area is 243 Å². The van der Waals surface area contributed by atoms with Crippen LogP contribution in [0.2, 0.25) is 0 Å². The molecule has 7 nitrogen and oxygen atoms in total. The van der Waals surface area contributed by atoms with Gasteiger partial charge in [0.2, 0.25) is 0 Å². The number of carbonyl (C=O) groups is 1. The summed E-state index contributed by atoms with van der Waals surface area (Å²) in [5, 5.41) is 13.1. The van der Waals surface area contributed by atoms with Gasteiger partial charge in [0.25, 0.3) is 0 Å². The smallest absolute Gasteiger partial charge is 0.304 e. The van der Waals surface area contributed by atoms with E-state index in [4.69, 9.17) is 0 Å². The Bertz CT molecular complexity index is 1400. The van der Waals surface area contributed by atoms with Crippen molar-refractivity contribution in [2.75, 3.05) is 53.4 Å². The minimum absolute atomic E-state index is 0.0977. The molecule has 0 saturated carbocycles. The van der Waals surface area contributed by atoms with E-state index in [0.29, 0.717) is 23.5 Å². The van der Waals surface area contributed by atoms with Crippen LogP contribution in [0.1, 0.15) is 39.4 Å². The number of aldehydes is 1. The Morgan fingerprint density at radius 3 is 2.49 bits per heavy atom. The molecule has 3 aromatic rings. The lowest BCUT2D eigenvalue weighted by molar-refractivity contribution is -0.141. The third-order valence-corrected chi connectivity index (χ3v) is 8.43. The van der Waals surface area contributed by atoms with Gasteiger partial charge in [0, 0.05) is 74.9 Å². The zero-order valence-electron chi connectivity index (χ0n) is 23.6. The maximum Gasteiger partial charge on any atom is 0.435 e. The molecule has 41 heavy (non-hydrogen) atoms. The molecule has 5 rings (SSSR count). The standard InChI is InChI=1S/C21H19F3N4S.C9H16N2O/c1-3-28-11-18(20(26-28)21(22,23)24)15-7-5-4-6-14(15)17-10-27(2)12-19-16(17)8-13(9-25)29-19;1-10-5-7-11(8-6-10)4-2-3-9-12/h4-8,11,17H,3,10,12H2,1-2H3;2-3,9H,4-8H2,1H3/b;3-2+/t17-;/m0./s1. The molecule has 0 unspecified atom stereocenters. The van der Waals surface area contributed by atoms with Crippen LogP contribution in [0.15, 0.2) is 48.7 Å². The number of aromatic nitrogens is 2. The number of hydrogen-bond donors (Lipinski definition) is 0. The molecule has 1 aromatic carbocycles. The number of halogens is 3. The quantitative estimate of drug-likeness (QED) is 0.297. The lowest BCUT2D eigenvalue weighted by Gasteiger charge is -2.31. The molecular formula is C30H35F3N6OS. The summed E-state index contributed by atoms with van der Waals surface area (Å²) in [6.45, 7) is 8.93. The Hall–Kier alpha value is -3.30. The lowest BCUT2D eigenvalue weighted by atomic mass is 9.84. The summed E-state index contributed by atoms with van der Waals surface area (Å²) in [6, 6.07) is 11.3. The van der Waals surface area contributed by atoms with Crippen LogP contribution >= 0.6 is 11.3 Å². The van der Waals surface area contributed by atoms with Gasteiger partial charge in [-0.3, -0.25) is 14.4 Å². The van der Waals surface area contributed by atoms with Crippen molar-refractivity contribution >= 4 is 17.6 Å². The average Bonchev–Trinajstić information content (AvgIpc) is 3.59. The number of nitriles is 1. The van der Waals surface area contributed by atoms with E-state index in [1.165, 1.54) is 22.2 Å². The van der Waals surface area contributed by atoms with Gasteiger partial charge in [0.05, 0.1) is 0 Å². The summed E-state index contributed by atoms with van der Waals surface area (Å²) >= 11 is 1.46. The highest BCUT2D eigenvalue weighted by Gasteiger charge is 2.39. The number of alkyl halides is 3. The molecule has 1 atom stereocenters. The topological polar surface area (TPSA) is 68.4 Å². The first-order valence-electron chi connectivity index (χ1n) is 13.6. The number of allylic oxidation sites excluding steroid dienone is 1. The number of likely N-dealkylation sites (N-methyl/N-ethyl adjacent to an activating group) is 2. The maximum atomic E-state index is 13.7. The molecule has 1 fully saturated rings. The normalized spacial score (nSPS) is 18.5. The first-order chi connectivity index (χ1) is 19.6. The summed E-state index contributed by atoms with van der Waals surface area (Å²) in [5.41, 5.74) is 1.63. The first-order valence-corrected chi connectivity index (χ1v) is 14.4. The molecule has 1 saturated heterocycles. The maximum absolute atomic E-state index is 13.7. The zero-order valence-corrected chi connectivity index (χ0v) is 24.4. The molecule has 11 heteroatoms. The van der Waals surface area contributed by atoms with Gasteiger partial charge in [-0.2, -0.15) is 23.5 Å². The van der Waals surface area contributed by atoms with Gasteiger partial charge in [0.1, 0.15) is 17.2 Å². The second-order valence-corrected chi connectivity index (χ2v) is 11.5. The number of rotatable bonds is 6. The van der Waals surface area contributed by atoms with Crippen LogP contribution in [0.5, 0.6) is 0 Å². The van der Waals surface area contributed by atoms with Gasteiger partial charge >= 0.3 is 6.18 Å². The Morgan fingerprint density at radius 2 is 1.83 bits per heavy atom. The van der Waals surface area contributed by atoms with Gasteiger partial charge in [-0.1, -0.05) is 30.3 Å². The van der Waals surface area contributed by atoms with Crippen molar-refractivity contribution in [1.29, 1.82) is 5.26 Å². The predicted octanol–water partition coefficient (Wildman–Crippen LogP) is 5.09. The van der Waals surface area contributed by atoms with Crippen LogP contribution in [0.25, 0.3) is 11.1 Å². The second kappa shape index (κ2) is 13.6. The van der Waals surface area contributed by atoms with Gasteiger partial charge in [-0.05, 0) is 49.9 Å². The summed E-state index contributed by atoms with van der Waals surface area (Å²) in [7, 11) is 4.12. The van der Waals surface area contributed by atoms with Gasteiger partial charge in [-0.15, -0.1) is 11.3 Å². The van der Waals surface area contributed by atoms with E-state index >= 15 is 0 Å². The molecule has 4 heterocycles. The van der Waals surface area contributed by atoms with Crippen molar-refractivity contribution < 1.29 is 18.0 Å². The fraction of sp³-hybridized carbons (Fsp3) is 0.433. The Balaban J connectivity index is 0.000000271. The third kappa shape index (κ3) is 7.51. The van der Waals surface area contributed by atoms with Crippen molar-refractivity contribution in [3.8, 4) is 17.2 Å². The van der Waals surface area contributed by atoms with E-state index in [9.17, 15) is 23.2 Å². The summed E-state index contributed by atoms with van der Waals surface area (Å²) in [4.78, 5) is 18.5. The van der Waals surface area contributed by atoms with E-state index < -0.39 is 11.9 Å². The van der Waals surface area contributed by atoms with Gasteiger partial charge in [0.15, 0.2) is 5.69 Å². The van der Waals surface area contributed by atoms with Crippen LogP contribution in [0, 0.1) is 11.3 Å². The van der Waals surface area contributed by atoms with E-state index in [2.05, 4.69) is 32.9 Å². The van der Waals surface area contributed by atoms with Crippen LogP contribution < -0.4 is 0 Å². The molecule has 218 valence electrons. The van der Waals surface area contributed by atoms with Crippen molar-refractivity contribution in [3.63, 3.8) is 0 Å². The number of fused-ring (bicyclic) bond motifs is 1. The number of aryl methyl sites for hydroxylation is 1. The number of benzene rings is 1. The van der Waals surface area contributed by atoms with Gasteiger partial charge < -0.3 is 9.80 Å². The monoisotopic (exact) mass is 584 g/mol. The van der Waals surface area contributed by atoms with Crippen molar-refractivity contribution in [1.82, 2.24) is 24.5 Å². The Morgan fingerprint density at radius 1 is 1.10 bits per heavy atom. The number of carbonyl (C=O) groups excluding carboxylic acids is 1. The lowest BCUT2D eigenvalue weighted by Crippen LogP contribution is -2.44. The third-order valence-electron chi connectivity index (χ3n) is 7.39. The molecule has 0 bridgehead atoms. The molecule has 2 aliphatic rings. The number of thiophene rings is 1. The highest BCUT2D eigenvalue weighted by Crippen LogP contribution is 2.43. The minimum Gasteiger partial charge on any atom is -0.304 e. The number of nitrogens with zero attached hydrogens (tertiary/aromatic N) is 6. The van der Waals surface area contributed by atoms with Crippen LogP contribution in [0.3, 0.4) is 0 Å². The van der Waals surface area contributed by atoms with E-state index in [1.807, 2.05) is 31.3 Å². The zero-order chi connectivity index (χ0) is 29.6. The molecule has 2 aromatic heterocycles. The number of hydrogen-bond acceptors (Lipinski definition) is 7. The van der Waals surface area contributed by atoms with Gasteiger partial charge in [-0.25, -0.2) is 0 Å². The van der Waals surface area contributed by atoms with E-state index in [1.54, 1.807) is 25.1 Å². The van der Waals surface area contributed by atoms with E-state index in [0.717, 1.165) is 61.6 Å². The fourth-order valence-electron chi connectivity index (χ4n) is 5.23. The van der Waals surface area contributed by atoms with Crippen LogP contribution in [-0.4, -0.2) is 84.1 Å². The molecule has 0 amide bonds. The highest BCUT2D eigenvalue weighted by atomic mass is 32.1. The number of piperazine rings is 1. The molecule has 0 N–H and O–H groups in total. The summed E-state index contributed by atoms with van der Waals surface area (Å²) in [6.07, 6.45) is 1.25. The molecule has 0 radical (unpaired) electrons. The molecule has 2 aliphatic heterocycles. The van der Waals surface area contributed by atoms with Crippen molar-refractivity contribution in [2.24, 2.45) is 0 Å². The second-order valence-electron chi connectivity index (χ2n) is 10.4. The molecule has 0 aliphatic carbocycles. The van der Waals surface area contributed by atoms with Crippen LogP contribution in [-0.2, 0) is 24.1 Å². The SMILES string of the molecule is CCn1cc(-c2ccccc2[C@@H]2CN(C)Cc3sc(C#N)cc32)c(C(F)(F)F)n1.CN1CCN(C/C=C/C=O)CC1. The first kappa shape index (κ1) is 30.7. The van der Waals surface area contributed by atoms with Crippen molar-refractivity contribution in [3.05, 3.63) is 75.3 Å². The average molecular weight is 585 g/mol. The highest BCUT2D eigenvalue weighted by molar-refractivity contribution is 7.12.